The molecular formula is C21H17NO2. The number of carbonyl (C=O) groups is 1. The Morgan fingerprint density at radius 3 is 2.67 bits per heavy atom. The van der Waals surface area contributed by atoms with Crippen molar-refractivity contribution in [3.05, 3.63) is 71.8 Å². The van der Waals surface area contributed by atoms with E-state index in [4.69, 9.17) is 4.74 Å². The largest absolute Gasteiger partial charge is 0.493 e. The van der Waals surface area contributed by atoms with Gasteiger partial charge < -0.3 is 10.1 Å². The van der Waals surface area contributed by atoms with E-state index >= 15 is 0 Å². The van der Waals surface area contributed by atoms with Crippen LogP contribution < -0.4 is 10.1 Å². The molecule has 0 atom stereocenters. The lowest BCUT2D eigenvalue weighted by atomic mass is 9.98. The summed E-state index contributed by atoms with van der Waals surface area (Å²) in [6.07, 6.45) is 1.94. The molecule has 4 rings (SSSR count). The average molecular weight is 315 g/mol. The number of hydrogen-bond acceptors (Lipinski definition) is 2. The second-order valence-electron chi connectivity index (χ2n) is 5.69. The summed E-state index contributed by atoms with van der Waals surface area (Å²) in [6, 6.07) is 19.9. The summed E-state index contributed by atoms with van der Waals surface area (Å²) < 4.78 is 5.80. The van der Waals surface area contributed by atoms with Crippen LogP contribution in [-0.4, -0.2) is 12.5 Å². The maximum Gasteiger partial charge on any atom is 0.256 e. The summed E-state index contributed by atoms with van der Waals surface area (Å²) >= 11 is 0. The van der Waals surface area contributed by atoms with Crippen molar-refractivity contribution in [2.45, 2.75) is 6.92 Å². The maximum atomic E-state index is 12.4. The van der Waals surface area contributed by atoms with Crippen LogP contribution in [0.2, 0.25) is 0 Å². The summed E-state index contributed by atoms with van der Waals surface area (Å²) in [5.41, 5.74) is 3.39. The van der Waals surface area contributed by atoms with E-state index in [0.29, 0.717) is 12.2 Å². The van der Waals surface area contributed by atoms with Gasteiger partial charge in [0.15, 0.2) is 0 Å². The molecule has 3 nitrogen and oxygen atoms in total. The number of hydrogen-bond donors (Lipinski definition) is 1. The van der Waals surface area contributed by atoms with Crippen LogP contribution in [0.15, 0.2) is 60.7 Å². The molecule has 0 saturated heterocycles. The molecule has 118 valence electrons. The highest BCUT2D eigenvalue weighted by Crippen LogP contribution is 2.36. The van der Waals surface area contributed by atoms with Gasteiger partial charge in [0.2, 0.25) is 0 Å². The van der Waals surface area contributed by atoms with Gasteiger partial charge in [-0.15, -0.1) is 0 Å². The number of rotatable bonds is 3. The molecule has 3 aromatic rings. The summed E-state index contributed by atoms with van der Waals surface area (Å²) in [6.45, 7) is 2.54. The second-order valence-corrected chi connectivity index (χ2v) is 5.69. The molecule has 1 aliphatic rings. The van der Waals surface area contributed by atoms with Crippen molar-refractivity contribution in [2.75, 3.05) is 11.9 Å². The third kappa shape index (κ3) is 2.35. The fourth-order valence-corrected chi connectivity index (χ4v) is 3.13. The summed E-state index contributed by atoms with van der Waals surface area (Å²) in [5.74, 6) is 0.715. The highest BCUT2D eigenvalue weighted by molar-refractivity contribution is 6.35. The molecule has 0 aliphatic carbocycles. The number of ether oxygens (including phenoxy) is 1. The standard InChI is InChI=1S/C21H17NO2/c1-2-24-20-12-11-14-7-3-4-8-15(14)17(20)13-18-16-9-5-6-10-19(16)22-21(18)23/h3-13H,2H2,1H3,(H,22,23). The highest BCUT2D eigenvalue weighted by atomic mass is 16.5. The van der Waals surface area contributed by atoms with Crippen molar-refractivity contribution >= 4 is 34.0 Å². The molecule has 0 unspecified atom stereocenters. The fourth-order valence-electron chi connectivity index (χ4n) is 3.13. The fraction of sp³-hybridized carbons (Fsp3) is 0.0952. The first-order valence-corrected chi connectivity index (χ1v) is 8.05. The molecule has 3 heteroatoms. The Morgan fingerprint density at radius 2 is 1.79 bits per heavy atom. The summed E-state index contributed by atoms with van der Waals surface area (Å²) in [7, 11) is 0. The molecule has 1 heterocycles. The lowest BCUT2D eigenvalue weighted by Crippen LogP contribution is -2.04. The van der Waals surface area contributed by atoms with E-state index in [2.05, 4.69) is 17.4 Å². The van der Waals surface area contributed by atoms with Crippen molar-refractivity contribution in [3.63, 3.8) is 0 Å². The lowest BCUT2D eigenvalue weighted by Gasteiger charge is -2.11. The first-order chi connectivity index (χ1) is 11.8. The van der Waals surface area contributed by atoms with Crippen LogP contribution in [0.3, 0.4) is 0 Å². The Kier molecular flexibility index (Phi) is 3.54. The van der Waals surface area contributed by atoms with Crippen LogP contribution >= 0.6 is 0 Å². The van der Waals surface area contributed by atoms with Gasteiger partial charge >= 0.3 is 0 Å². The predicted molar refractivity (Wildman–Crippen MR) is 98.1 cm³/mol. The zero-order chi connectivity index (χ0) is 16.5. The number of anilines is 1. The molecule has 0 spiro atoms. The topological polar surface area (TPSA) is 38.3 Å². The van der Waals surface area contributed by atoms with Crippen LogP contribution in [0, 0.1) is 0 Å². The van der Waals surface area contributed by atoms with Gasteiger partial charge in [-0.05, 0) is 35.9 Å². The normalized spacial score (nSPS) is 14.7. The molecule has 0 aromatic heterocycles. The Hall–Kier alpha value is -3.07. The van der Waals surface area contributed by atoms with Gasteiger partial charge in [-0.3, -0.25) is 4.79 Å². The zero-order valence-corrected chi connectivity index (χ0v) is 13.4. The summed E-state index contributed by atoms with van der Waals surface area (Å²) in [4.78, 5) is 12.4. The minimum absolute atomic E-state index is 0.0772. The predicted octanol–water partition coefficient (Wildman–Crippen LogP) is 4.73. The van der Waals surface area contributed by atoms with E-state index in [1.807, 2.05) is 61.5 Å². The minimum Gasteiger partial charge on any atom is -0.493 e. The van der Waals surface area contributed by atoms with Gasteiger partial charge in [0.1, 0.15) is 5.75 Å². The van der Waals surface area contributed by atoms with E-state index in [1.54, 1.807) is 0 Å². The van der Waals surface area contributed by atoms with Gasteiger partial charge in [-0.2, -0.15) is 0 Å². The Labute approximate surface area is 140 Å². The van der Waals surface area contributed by atoms with Crippen LogP contribution in [-0.2, 0) is 4.79 Å². The molecule has 1 aliphatic heterocycles. The molecule has 24 heavy (non-hydrogen) atoms. The molecule has 1 N–H and O–H groups in total. The highest BCUT2D eigenvalue weighted by Gasteiger charge is 2.24. The Morgan fingerprint density at radius 1 is 1.00 bits per heavy atom. The summed E-state index contributed by atoms with van der Waals surface area (Å²) in [5, 5.41) is 5.12. The maximum absolute atomic E-state index is 12.4. The van der Waals surface area contributed by atoms with E-state index in [9.17, 15) is 4.79 Å². The van der Waals surface area contributed by atoms with Gasteiger partial charge in [0.25, 0.3) is 5.91 Å². The first-order valence-electron chi connectivity index (χ1n) is 8.05. The molecule has 0 saturated carbocycles. The van der Waals surface area contributed by atoms with Crippen molar-refractivity contribution in [1.29, 1.82) is 0 Å². The lowest BCUT2D eigenvalue weighted by molar-refractivity contribution is -0.110. The first kappa shape index (κ1) is 14.5. The van der Waals surface area contributed by atoms with Crippen molar-refractivity contribution in [1.82, 2.24) is 0 Å². The Bertz CT molecular complexity index is 972. The number of carbonyl (C=O) groups excluding carboxylic acids is 1. The third-order valence-electron chi connectivity index (χ3n) is 4.23. The van der Waals surface area contributed by atoms with Crippen LogP contribution in [0.25, 0.3) is 22.4 Å². The minimum atomic E-state index is -0.0772. The van der Waals surface area contributed by atoms with Crippen LogP contribution in [0.4, 0.5) is 5.69 Å². The van der Waals surface area contributed by atoms with E-state index in [1.165, 1.54) is 0 Å². The average Bonchev–Trinajstić information content (AvgIpc) is 2.92. The quantitative estimate of drug-likeness (QED) is 0.710. The number of para-hydroxylation sites is 1. The monoisotopic (exact) mass is 315 g/mol. The molecule has 1 amide bonds. The van der Waals surface area contributed by atoms with Crippen LogP contribution in [0.1, 0.15) is 18.1 Å². The number of amides is 1. The zero-order valence-electron chi connectivity index (χ0n) is 13.4. The molecule has 3 aromatic carbocycles. The van der Waals surface area contributed by atoms with Gasteiger partial charge in [-0.25, -0.2) is 0 Å². The van der Waals surface area contributed by atoms with Crippen molar-refractivity contribution < 1.29 is 9.53 Å². The Balaban J connectivity index is 1.96. The van der Waals surface area contributed by atoms with Gasteiger partial charge in [0.05, 0.1) is 6.61 Å². The van der Waals surface area contributed by atoms with Gasteiger partial charge in [-0.1, -0.05) is 48.5 Å². The van der Waals surface area contributed by atoms with Gasteiger partial charge in [0, 0.05) is 22.4 Å². The number of fused-ring (bicyclic) bond motifs is 2. The smallest absolute Gasteiger partial charge is 0.256 e. The van der Waals surface area contributed by atoms with E-state index < -0.39 is 0 Å². The van der Waals surface area contributed by atoms with E-state index in [0.717, 1.165) is 33.3 Å². The molecular weight excluding hydrogens is 298 g/mol. The second kappa shape index (κ2) is 5.85. The molecule has 0 fully saturated rings. The number of benzene rings is 3. The van der Waals surface area contributed by atoms with Crippen molar-refractivity contribution in [2.24, 2.45) is 0 Å². The molecule has 0 radical (unpaired) electrons. The SMILES string of the molecule is CCOc1ccc2ccccc2c1C=C1C(=O)Nc2ccccc21. The third-order valence-corrected chi connectivity index (χ3v) is 4.23. The van der Waals surface area contributed by atoms with Crippen molar-refractivity contribution in [3.8, 4) is 5.75 Å². The van der Waals surface area contributed by atoms with E-state index in [-0.39, 0.29) is 5.91 Å². The van der Waals surface area contributed by atoms with Crippen LogP contribution in [0.5, 0.6) is 5.75 Å². The number of nitrogens with one attached hydrogen (secondary N) is 1. The molecule has 0 bridgehead atoms.